The van der Waals surface area contributed by atoms with Gasteiger partial charge in [0, 0.05) is 11.1 Å². The Hall–Kier alpha value is -1.51. The third kappa shape index (κ3) is 2.67. The van der Waals surface area contributed by atoms with Gasteiger partial charge in [0.05, 0.1) is 0 Å². The van der Waals surface area contributed by atoms with Gasteiger partial charge in [-0.2, -0.15) is 0 Å². The van der Waals surface area contributed by atoms with Crippen molar-refractivity contribution in [2.45, 2.75) is 18.9 Å². The summed E-state index contributed by atoms with van der Waals surface area (Å²) in [5, 5.41) is 0.763. The molecule has 0 radical (unpaired) electrons. The zero-order chi connectivity index (χ0) is 14.1. The average Bonchev–Trinajstić information content (AvgIpc) is 2.40. The van der Waals surface area contributed by atoms with E-state index in [1.54, 1.807) is 0 Å². The van der Waals surface area contributed by atoms with Crippen LogP contribution in [0.5, 0.6) is 11.5 Å². The molecule has 1 atom stereocenters. The second-order valence-electron chi connectivity index (χ2n) is 5.49. The molecule has 0 saturated heterocycles. The molecule has 3 heteroatoms. The van der Waals surface area contributed by atoms with Crippen LogP contribution in [0.4, 0.5) is 0 Å². The summed E-state index contributed by atoms with van der Waals surface area (Å²) in [6, 6.07) is 14.6. The predicted molar refractivity (Wildman–Crippen MR) is 82.9 cm³/mol. The van der Waals surface area contributed by atoms with E-state index in [0.29, 0.717) is 6.04 Å². The summed E-state index contributed by atoms with van der Waals surface area (Å²) < 4.78 is 6.09. The third-order valence-electron chi connectivity index (χ3n) is 3.86. The van der Waals surface area contributed by atoms with Crippen LogP contribution in [0.1, 0.15) is 11.1 Å². The second kappa shape index (κ2) is 5.47. The molecule has 1 aliphatic heterocycles. The van der Waals surface area contributed by atoms with Crippen LogP contribution in [-0.2, 0) is 12.8 Å². The van der Waals surface area contributed by atoms with Crippen LogP contribution in [0.25, 0.3) is 0 Å². The number of benzene rings is 2. The Morgan fingerprint density at radius 3 is 2.50 bits per heavy atom. The number of fused-ring (bicyclic) bond motifs is 2. The first-order valence-electron chi connectivity index (χ1n) is 6.84. The topological polar surface area (TPSA) is 12.5 Å². The number of ether oxygens (including phenoxy) is 1. The van der Waals surface area contributed by atoms with Gasteiger partial charge in [0.25, 0.3) is 0 Å². The molecule has 1 heterocycles. The van der Waals surface area contributed by atoms with Crippen LogP contribution in [0.3, 0.4) is 0 Å². The van der Waals surface area contributed by atoms with Crippen LogP contribution < -0.4 is 4.74 Å². The van der Waals surface area contributed by atoms with E-state index in [0.717, 1.165) is 29.4 Å². The number of hydrogen-bond acceptors (Lipinski definition) is 2. The van der Waals surface area contributed by atoms with E-state index in [1.807, 2.05) is 30.3 Å². The Labute approximate surface area is 124 Å². The fourth-order valence-electron chi connectivity index (χ4n) is 2.64. The lowest BCUT2D eigenvalue weighted by molar-refractivity contribution is 0.281. The molecule has 0 spiro atoms. The maximum absolute atomic E-state index is 6.13. The van der Waals surface area contributed by atoms with Gasteiger partial charge in [-0.3, -0.25) is 0 Å². The molecule has 0 aromatic heterocycles. The van der Waals surface area contributed by atoms with Gasteiger partial charge >= 0.3 is 0 Å². The Morgan fingerprint density at radius 1 is 1.00 bits per heavy atom. The minimum absolute atomic E-state index is 0.442. The normalized spacial score (nSPS) is 17.7. The highest BCUT2D eigenvalue weighted by molar-refractivity contribution is 6.30. The number of para-hydroxylation sites is 1. The van der Waals surface area contributed by atoms with Crippen LogP contribution in [0, 0.1) is 0 Å². The predicted octanol–water partition coefficient (Wildman–Crippen LogP) is 4.16. The number of likely N-dealkylation sites (N-methyl/N-ethyl adjacent to an activating group) is 1. The van der Waals surface area contributed by atoms with Crippen molar-refractivity contribution in [3.8, 4) is 11.5 Å². The van der Waals surface area contributed by atoms with E-state index in [-0.39, 0.29) is 0 Å². The summed E-state index contributed by atoms with van der Waals surface area (Å²) in [6.07, 6.45) is 1.92. The highest BCUT2D eigenvalue weighted by Gasteiger charge is 2.21. The second-order valence-corrected chi connectivity index (χ2v) is 5.92. The number of halogens is 1. The van der Waals surface area contributed by atoms with E-state index in [9.17, 15) is 0 Å². The van der Waals surface area contributed by atoms with Crippen LogP contribution >= 0.6 is 11.6 Å². The minimum Gasteiger partial charge on any atom is -0.457 e. The van der Waals surface area contributed by atoms with Crippen molar-refractivity contribution in [2.24, 2.45) is 0 Å². The average molecular weight is 288 g/mol. The molecule has 2 aromatic carbocycles. The SMILES string of the molecule is CN(C)C1Cc2ccccc2Oc2ccc(Cl)cc2C1. The van der Waals surface area contributed by atoms with E-state index < -0.39 is 0 Å². The number of nitrogens with zero attached hydrogens (tertiary/aromatic N) is 1. The monoisotopic (exact) mass is 287 g/mol. The smallest absolute Gasteiger partial charge is 0.130 e. The summed E-state index contributed by atoms with van der Waals surface area (Å²) in [5.74, 6) is 1.86. The Bertz CT molecular complexity index is 624. The molecule has 20 heavy (non-hydrogen) atoms. The van der Waals surface area contributed by atoms with E-state index in [2.05, 4.69) is 31.1 Å². The first kappa shape index (κ1) is 13.5. The summed E-state index contributed by atoms with van der Waals surface area (Å²) >= 11 is 6.13. The molecule has 0 aliphatic carbocycles. The summed E-state index contributed by atoms with van der Waals surface area (Å²) in [6.45, 7) is 0. The molecule has 104 valence electrons. The molecule has 0 N–H and O–H groups in total. The lowest BCUT2D eigenvalue weighted by Crippen LogP contribution is -2.33. The van der Waals surface area contributed by atoms with Gasteiger partial charge in [-0.1, -0.05) is 29.8 Å². The Morgan fingerprint density at radius 2 is 1.70 bits per heavy atom. The van der Waals surface area contributed by atoms with Crippen molar-refractivity contribution in [1.29, 1.82) is 0 Å². The number of hydrogen-bond donors (Lipinski definition) is 0. The van der Waals surface area contributed by atoms with Crippen LogP contribution in [0.15, 0.2) is 42.5 Å². The van der Waals surface area contributed by atoms with Gasteiger partial charge in [-0.05, 0) is 62.3 Å². The summed E-state index contributed by atoms with van der Waals surface area (Å²) in [4.78, 5) is 2.27. The largest absolute Gasteiger partial charge is 0.457 e. The number of rotatable bonds is 1. The molecule has 1 unspecified atom stereocenters. The first-order valence-corrected chi connectivity index (χ1v) is 7.22. The third-order valence-corrected chi connectivity index (χ3v) is 4.09. The zero-order valence-electron chi connectivity index (χ0n) is 11.8. The van der Waals surface area contributed by atoms with Crippen LogP contribution in [0.2, 0.25) is 5.02 Å². The quantitative estimate of drug-likeness (QED) is 0.781. The van der Waals surface area contributed by atoms with Gasteiger partial charge in [0.15, 0.2) is 0 Å². The van der Waals surface area contributed by atoms with Crippen molar-refractivity contribution >= 4 is 11.6 Å². The molecule has 2 nitrogen and oxygen atoms in total. The molecule has 0 saturated carbocycles. The van der Waals surface area contributed by atoms with E-state index in [1.165, 1.54) is 11.1 Å². The van der Waals surface area contributed by atoms with E-state index in [4.69, 9.17) is 16.3 Å². The van der Waals surface area contributed by atoms with Gasteiger partial charge in [-0.25, -0.2) is 0 Å². The van der Waals surface area contributed by atoms with Gasteiger partial charge in [0.1, 0.15) is 11.5 Å². The first-order chi connectivity index (χ1) is 9.63. The summed E-state index contributed by atoms with van der Waals surface area (Å²) in [7, 11) is 4.25. The van der Waals surface area contributed by atoms with Crippen molar-refractivity contribution in [1.82, 2.24) is 4.90 Å². The van der Waals surface area contributed by atoms with Crippen LogP contribution in [-0.4, -0.2) is 25.0 Å². The molecule has 1 aliphatic rings. The van der Waals surface area contributed by atoms with E-state index >= 15 is 0 Å². The molecular weight excluding hydrogens is 270 g/mol. The maximum Gasteiger partial charge on any atom is 0.130 e. The van der Waals surface area contributed by atoms with Gasteiger partial charge in [-0.15, -0.1) is 0 Å². The lowest BCUT2D eigenvalue weighted by Gasteiger charge is -2.28. The van der Waals surface area contributed by atoms with Crippen molar-refractivity contribution in [2.75, 3.05) is 14.1 Å². The van der Waals surface area contributed by atoms with Gasteiger partial charge < -0.3 is 9.64 Å². The Kier molecular flexibility index (Phi) is 3.68. The maximum atomic E-state index is 6.13. The Balaban J connectivity index is 2.09. The molecular formula is C17H18ClNO. The molecule has 0 amide bonds. The molecule has 2 aromatic rings. The zero-order valence-corrected chi connectivity index (χ0v) is 12.5. The molecule has 0 fully saturated rings. The lowest BCUT2D eigenvalue weighted by atomic mass is 9.95. The highest BCUT2D eigenvalue weighted by Crippen LogP contribution is 2.34. The molecule has 3 rings (SSSR count). The fraction of sp³-hybridized carbons (Fsp3) is 0.294. The van der Waals surface area contributed by atoms with Crippen molar-refractivity contribution in [3.05, 3.63) is 58.6 Å². The molecule has 0 bridgehead atoms. The van der Waals surface area contributed by atoms with Gasteiger partial charge in [0.2, 0.25) is 0 Å². The van der Waals surface area contributed by atoms with Crippen molar-refractivity contribution in [3.63, 3.8) is 0 Å². The highest BCUT2D eigenvalue weighted by atomic mass is 35.5. The standard InChI is InChI=1S/C17H18ClNO/c1-19(2)15-10-12-5-3-4-6-16(12)20-17-8-7-14(18)9-13(17)11-15/h3-9,15H,10-11H2,1-2H3. The minimum atomic E-state index is 0.442. The summed E-state index contributed by atoms with van der Waals surface area (Å²) in [5.41, 5.74) is 2.43. The van der Waals surface area contributed by atoms with Crippen molar-refractivity contribution < 1.29 is 4.74 Å². The fourth-order valence-corrected chi connectivity index (χ4v) is 2.84.